The van der Waals surface area contributed by atoms with Crippen molar-refractivity contribution in [2.45, 2.75) is 13.5 Å². The maximum Gasteiger partial charge on any atom is 0.141 e. The van der Waals surface area contributed by atoms with E-state index >= 15 is 0 Å². The Morgan fingerprint density at radius 2 is 2.22 bits per heavy atom. The third-order valence-corrected chi connectivity index (χ3v) is 3.05. The molecule has 0 aliphatic carbocycles. The van der Waals surface area contributed by atoms with Crippen LogP contribution in [0.2, 0.25) is 0 Å². The molecule has 2 aromatic heterocycles. The van der Waals surface area contributed by atoms with Crippen LogP contribution in [0, 0.1) is 6.92 Å². The lowest BCUT2D eigenvalue weighted by Crippen LogP contribution is -1.95. The van der Waals surface area contributed by atoms with Gasteiger partial charge in [0.15, 0.2) is 0 Å². The molecule has 3 N–H and O–H groups in total. The predicted octanol–water partition coefficient (Wildman–Crippen LogP) is 1.73. The molecule has 0 saturated carbocycles. The zero-order valence-corrected chi connectivity index (χ0v) is 10.4. The summed E-state index contributed by atoms with van der Waals surface area (Å²) in [7, 11) is 1.91. The van der Waals surface area contributed by atoms with Gasteiger partial charge in [-0.3, -0.25) is 4.68 Å². The molecule has 0 aliphatic rings. The fourth-order valence-electron chi connectivity index (χ4n) is 2.14. The highest BCUT2D eigenvalue weighted by molar-refractivity contribution is 5.80. The Labute approximate surface area is 105 Å². The first kappa shape index (κ1) is 11.0. The van der Waals surface area contributed by atoms with Crippen molar-refractivity contribution in [2.24, 2.45) is 12.8 Å². The maximum atomic E-state index is 5.64. The third-order valence-electron chi connectivity index (χ3n) is 3.05. The van der Waals surface area contributed by atoms with Crippen LogP contribution in [0.15, 0.2) is 24.4 Å². The van der Waals surface area contributed by atoms with E-state index in [1.54, 1.807) is 4.68 Å². The summed E-state index contributed by atoms with van der Waals surface area (Å²) in [4.78, 5) is 7.90. The first-order valence-electron chi connectivity index (χ1n) is 5.86. The summed E-state index contributed by atoms with van der Waals surface area (Å²) in [6.07, 6.45) is 1.97. The van der Waals surface area contributed by atoms with Crippen LogP contribution in [0.1, 0.15) is 11.3 Å². The van der Waals surface area contributed by atoms with Crippen LogP contribution in [0.4, 0.5) is 0 Å². The summed E-state index contributed by atoms with van der Waals surface area (Å²) in [6, 6.07) is 6.03. The Balaban J connectivity index is 2.16. The van der Waals surface area contributed by atoms with Crippen LogP contribution in [0.25, 0.3) is 22.4 Å². The largest absolute Gasteiger partial charge is 0.338 e. The molecular weight excluding hydrogens is 226 g/mol. The van der Waals surface area contributed by atoms with Gasteiger partial charge in [-0.15, -0.1) is 0 Å². The molecule has 0 bridgehead atoms. The summed E-state index contributed by atoms with van der Waals surface area (Å²) in [5.41, 5.74) is 10.7. The first-order chi connectivity index (χ1) is 8.67. The van der Waals surface area contributed by atoms with Crippen LogP contribution >= 0.6 is 0 Å². The Morgan fingerprint density at radius 3 is 2.89 bits per heavy atom. The van der Waals surface area contributed by atoms with Crippen molar-refractivity contribution >= 4 is 11.0 Å². The van der Waals surface area contributed by atoms with Crippen molar-refractivity contribution in [2.75, 3.05) is 0 Å². The van der Waals surface area contributed by atoms with E-state index in [0.717, 1.165) is 33.7 Å². The van der Waals surface area contributed by atoms with Gasteiger partial charge in [0.05, 0.1) is 22.3 Å². The van der Waals surface area contributed by atoms with Gasteiger partial charge in [-0.2, -0.15) is 5.10 Å². The van der Waals surface area contributed by atoms with Gasteiger partial charge in [0.1, 0.15) is 5.82 Å². The molecule has 0 spiro atoms. The van der Waals surface area contributed by atoms with E-state index in [1.807, 2.05) is 38.4 Å². The second-order valence-electron chi connectivity index (χ2n) is 4.44. The number of aryl methyl sites for hydroxylation is 2. The van der Waals surface area contributed by atoms with Crippen molar-refractivity contribution in [3.8, 4) is 11.4 Å². The summed E-state index contributed by atoms with van der Waals surface area (Å²) >= 11 is 0. The molecular formula is C13H15N5. The number of benzene rings is 1. The lowest BCUT2D eigenvalue weighted by atomic mass is 10.2. The number of hydrogen-bond donors (Lipinski definition) is 2. The van der Waals surface area contributed by atoms with Gasteiger partial charge in [-0.05, 0) is 24.6 Å². The smallest absolute Gasteiger partial charge is 0.141 e. The highest BCUT2D eigenvalue weighted by Crippen LogP contribution is 2.23. The zero-order chi connectivity index (χ0) is 12.7. The number of rotatable bonds is 2. The number of nitrogens with one attached hydrogen (secondary N) is 1. The van der Waals surface area contributed by atoms with Gasteiger partial charge in [0, 0.05) is 19.8 Å². The average molecular weight is 241 g/mol. The van der Waals surface area contributed by atoms with Gasteiger partial charge in [-0.25, -0.2) is 4.98 Å². The standard InChI is InChI=1S/C13H15N5/c1-8-10(7-18(2)17-8)13-15-11-4-3-9(6-14)5-12(11)16-13/h3-5,7H,6,14H2,1-2H3,(H,15,16). The summed E-state index contributed by atoms with van der Waals surface area (Å²) in [5.74, 6) is 0.852. The van der Waals surface area contributed by atoms with Crippen molar-refractivity contribution < 1.29 is 0 Å². The Kier molecular flexibility index (Phi) is 2.41. The van der Waals surface area contributed by atoms with E-state index in [9.17, 15) is 0 Å². The molecule has 3 aromatic rings. The van der Waals surface area contributed by atoms with Crippen molar-refractivity contribution in [3.63, 3.8) is 0 Å². The highest BCUT2D eigenvalue weighted by atomic mass is 15.3. The average Bonchev–Trinajstić information content (AvgIpc) is 2.90. The first-order valence-corrected chi connectivity index (χ1v) is 5.86. The van der Waals surface area contributed by atoms with Crippen LogP contribution in [-0.4, -0.2) is 19.7 Å². The van der Waals surface area contributed by atoms with Crippen LogP contribution < -0.4 is 5.73 Å². The molecule has 92 valence electrons. The van der Waals surface area contributed by atoms with Crippen molar-refractivity contribution in [1.29, 1.82) is 0 Å². The molecule has 0 aliphatic heterocycles. The van der Waals surface area contributed by atoms with Gasteiger partial charge in [0.25, 0.3) is 0 Å². The van der Waals surface area contributed by atoms with Crippen LogP contribution in [-0.2, 0) is 13.6 Å². The lowest BCUT2D eigenvalue weighted by Gasteiger charge is -1.94. The molecule has 18 heavy (non-hydrogen) atoms. The van der Waals surface area contributed by atoms with Crippen molar-refractivity contribution in [3.05, 3.63) is 35.7 Å². The summed E-state index contributed by atoms with van der Waals surface area (Å²) in [5, 5.41) is 4.33. The number of nitrogens with two attached hydrogens (primary N) is 1. The molecule has 0 radical (unpaired) electrons. The minimum atomic E-state index is 0.538. The molecule has 5 nitrogen and oxygen atoms in total. The van der Waals surface area contributed by atoms with E-state index in [-0.39, 0.29) is 0 Å². The van der Waals surface area contributed by atoms with Crippen LogP contribution in [0.5, 0.6) is 0 Å². The monoisotopic (exact) mass is 241 g/mol. The molecule has 3 rings (SSSR count). The van der Waals surface area contributed by atoms with Crippen molar-refractivity contribution in [1.82, 2.24) is 19.7 Å². The lowest BCUT2D eigenvalue weighted by molar-refractivity contribution is 0.756. The number of nitrogens with zero attached hydrogens (tertiary/aromatic N) is 3. The number of hydrogen-bond acceptors (Lipinski definition) is 3. The SMILES string of the molecule is Cc1nn(C)cc1-c1nc2ccc(CN)cc2[nH]1. The van der Waals surface area contributed by atoms with E-state index in [2.05, 4.69) is 15.1 Å². The molecule has 5 heteroatoms. The van der Waals surface area contributed by atoms with Gasteiger partial charge >= 0.3 is 0 Å². The predicted molar refractivity (Wildman–Crippen MR) is 70.9 cm³/mol. The van der Waals surface area contributed by atoms with Gasteiger partial charge < -0.3 is 10.7 Å². The van der Waals surface area contributed by atoms with E-state index in [4.69, 9.17) is 5.73 Å². The second kappa shape index (κ2) is 3.96. The number of imidazole rings is 1. The highest BCUT2D eigenvalue weighted by Gasteiger charge is 2.10. The Morgan fingerprint density at radius 1 is 1.39 bits per heavy atom. The minimum Gasteiger partial charge on any atom is -0.338 e. The summed E-state index contributed by atoms with van der Waals surface area (Å²) < 4.78 is 1.79. The molecule has 0 unspecified atom stereocenters. The van der Waals surface area contributed by atoms with Gasteiger partial charge in [-0.1, -0.05) is 6.07 Å². The number of aromatic nitrogens is 4. The normalized spacial score (nSPS) is 11.3. The molecule has 0 fully saturated rings. The second-order valence-corrected chi connectivity index (χ2v) is 4.44. The third kappa shape index (κ3) is 1.69. The molecule has 0 saturated heterocycles. The quantitative estimate of drug-likeness (QED) is 0.717. The maximum absolute atomic E-state index is 5.64. The summed E-state index contributed by atoms with van der Waals surface area (Å²) in [6.45, 7) is 2.52. The van der Waals surface area contributed by atoms with Gasteiger partial charge in [0.2, 0.25) is 0 Å². The number of H-pyrrole nitrogens is 1. The fraction of sp³-hybridized carbons (Fsp3) is 0.231. The number of aromatic amines is 1. The Bertz CT molecular complexity index is 707. The molecule has 1 aromatic carbocycles. The zero-order valence-electron chi connectivity index (χ0n) is 10.4. The molecule has 2 heterocycles. The Hall–Kier alpha value is -2.14. The molecule has 0 amide bonds. The van der Waals surface area contributed by atoms with E-state index in [1.165, 1.54) is 0 Å². The van der Waals surface area contributed by atoms with E-state index < -0.39 is 0 Å². The minimum absolute atomic E-state index is 0.538. The van der Waals surface area contributed by atoms with E-state index in [0.29, 0.717) is 6.54 Å². The molecule has 0 atom stereocenters. The fourth-order valence-corrected chi connectivity index (χ4v) is 2.14. The topological polar surface area (TPSA) is 72.5 Å². The van der Waals surface area contributed by atoms with Crippen LogP contribution in [0.3, 0.4) is 0 Å². The number of fused-ring (bicyclic) bond motifs is 1.